The summed E-state index contributed by atoms with van der Waals surface area (Å²) in [5.41, 5.74) is -1.01. The van der Waals surface area contributed by atoms with Crippen molar-refractivity contribution in [1.82, 2.24) is 4.90 Å². The lowest BCUT2D eigenvalue weighted by molar-refractivity contribution is -0.384. The van der Waals surface area contributed by atoms with Crippen molar-refractivity contribution in [3.8, 4) is 5.75 Å². The molecule has 0 saturated carbocycles. The summed E-state index contributed by atoms with van der Waals surface area (Å²) in [7, 11) is 1.57. The second-order valence-corrected chi connectivity index (χ2v) is 5.10. The molecule has 0 atom stereocenters. The molecule has 0 saturated heterocycles. The number of nitrogens with zero attached hydrogens (tertiary/aromatic N) is 2. The Kier molecular flexibility index (Phi) is 5.04. The smallest absolute Gasteiger partial charge is 0.269 e. The first-order valence-electron chi connectivity index (χ1n) is 6.02. The van der Waals surface area contributed by atoms with E-state index in [1.807, 2.05) is 0 Å². The summed E-state index contributed by atoms with van der Waals surface area (Å²) in [4.78, 5) is 23.1. The average molecular weight is 282 g/mol. The van der Waals surface area contributed by atoms with Crippen molar-refractivity contribution in [1.29, 1.82) is 0 Å². The number of hydrogen-bond acceptors (Lipinski definition) is 5. The Morgan fingerprint density at radius 1 is 1.40 bits per heavy atom. The molecule has 110 valence electrons. The van der Waals surface area contributed by atoms with Crippen LogP contribution in [0.1, 0.15) is 13.8 Å². The van der Waals surface area contributed by atoms with Gasteiger partial charge < -0.3 is 14.7 Å². The number of benzene rings is 1. The molecule has 1 aromatic rings. The van der Waals surface area contributed by atoms with Gasteiger partial charge in [0.2, 0.25) is 0 Å². The zero-order valence-electron chi connectivity index (χ0n) is 11.7. The Hall–Kier alpha value is -2.15. The third-order valence-electron chi connectivity index (χ3n) is 2.46. The molecule has 1 amide bonds. The standard InChI is InChI=1S/C13H18N2O5/c1-13(2,17)9-14(3)12(16)8-20-11-6-4-10(5-7-11)15(18)19/h4-7,17H,8-9H2,1-3H3. The Morgan fingerprint density at radius 2 is 1.95 bits per heavy atom. The van der Waals surface area contributed by atoms with Crippen molar-refractivity contribution in [2.45, 2.75) is 19.4 Å². The fourth-order valence-corrected chi connectivity index (χ4v) is 1.59. The SMILES string of the molecule is CN(CC(C)(C)O)C(=O)COc1ccc([N+](=O)[O-])cc1. The quantitative estimate of drug-likeness (QED) is 0.625. The third kappa shape index (κ3) is 5.23. The molecule has 0 unspecified atom stereocenters. The maximum Gasteiger partial charge on any atom is 0.269 e. The van der Waals surface area contributed by atoms with E-state index in [1.54, 1.807) is 20.9 Å². The van der Waals surface area contributed by atoms with E-state index in [4.69, 9.17) is 4.74 Å². The van der Waals surface area contributed by atoms with E-state index in [2.05, 4.69) is 0 Å². The summed E-state index contributed by atoms with van der Waals surface area (Å²) >= 11 is 0. The van der Waals surface area contributed by atoms with Crippen LogP contribution >= 0.6 is 0 Å². The molecular weight excluding hydrogens is 264 g/mol. The van der Waals surface area contributed by atoms with Gasteiger partial charge in [0.25, 0.3) is 11.6 Å². The monoisotopic (exact) mass is 282 g/mol. The number of non-ortho nitro benzene ring substituents is 1. The zero-order valence-corrected chi connectivity index (χ0v) is 11.7. The summed E-state index contributed by atoms with van der Waals surface area (Å²) in [5, 5.41) is 20.1. The van der Waals surface area contributed by atoms with Crippen molar-refractivity contribution < 1.29 is 19.6 Å². The molecular formula is C13H18N2O5. The first-order chi connectivity index (χ1) is 9.19. The van der Waals surface area contributed by atoms with E-state index in [1.165, 1.54) is 29.2 Å². The highest BCUT2D eigenvalue weighted by Crippen LogP contribution is 2.17. The van der Waals surface area contributed by atoms with Gasteiger partial charge in [-0.15, -0.1) is 0 Å². The number of nitro benzene ring substituents is 1. The van der Waals surface area contributed by atoms with Gasteiger partial charge in [-0.1, -0.05) is 0 Å². The van der Waals surface area contributed by atoms with E-state index in [0.717, 1.165) is 0 Å². The molecule has 7 nitrogen and oxygen atoms in total. The molecule has 7 heteroatoms. The number of hydrogen-bond donors (Lipinski definition) is 1. The fourth-order valence-electron chi connectivity index (χ4n) is 1.59. The molecule has 0 aliphatic rings. The molecule has 20 heavy (non-hydrogen) atoms. The van der Waals surface area contributed by atoms with Gasteiger partial charge in [0, 0.05) is 25.7 Å². The molecule has 1 rings (SSSR count). The molecule has 0 bridgehead atoms. The van der Waals surface area contributed by atoms with Gasteiger partial charge in [-0.2, -0.15) is 0 Å². The lowest BCUT2D eigenvalue weighted by atomic mass is 10.1. The third-order valence-corrected chi connectivity index (χ3v) is 2.46. The van der Waals surface area contributed by atoms with Gasteiger partial charge >= 0.3 is 0 Å². The maximum atomic E-state index is 11.8. The van der Waals surface area contributed by atoms with Crippen molar-refractivity contribution in [3.05, 3.63) is 34.4 Å². The Morgan fingerprint density at radius 3 is 2.40 bits per heavy atom. The van der Waals surface area contributed by atoms with E-state index in [9.17, 15) is 20.0 Å². The molecule has 1 aromatic carbocycles. The number of carbonyl (C=O) groups excluding carboxylic acids is 1. The van der Waals surface area contributed by atoms with Crippen molar-refractivity contribution in [2.75, 3.05) is 20.2 Å². The zero-order chi connectivity index (χ0) is 15.3. The molecule has 0 aliphatic carbocycles. The Balaban J connectivity index is 2.50. The highest BCUT2D eigenvalue weighted by molar-refractivity contribution is 5.77. The number of nitro groups is 1. The summed E-state index contributed by atoms with van der Waals surface area (Å²) in [6.07, 6.45) is 0. The topological polar surface area (TPSA) is 92.9 Å². The van der Waals surface area contributed by atoms with Gasteiger partial charge in [-0.3, -0.25) is 14.9 Å². The van der Waals surface area contributed by atoms with Gasteiger partial charge in [-0.05, 0) is 26.0 Å². The minimum Gasteiger partial charge on any atom is -0.484 e. The van der Waals surface area contributed by atoms with E-state index < -0.39 is 10.5 Å². The number of ether oxygens (including phenoxy) is 1. The highest BCUT2D eigenvalue weighted by atomic mass is 16.6. The minimum atomic E-state index is -0.974. The van der Waals surface area contributed by atoms with Crippen LogP contribution in [0.25, 0.3) is 0 Å². The van der Waals surface area contributed by atoms with Crippen LogP contribution in [-0.2, 0) is 4.79 Å². The Bertz CT molecular complexity index is 479. The van der Waals surface area contributed by atoms with Gasteiger partial charge in [0.1, 0.15) is 5.75 Å². The van der Waals surface area contributed by atoms with Crippen LogP contribution in [0.3, 0.4) is 0 Å². The molecule has 0 aromatic heterocycles. The summed E-state index contributed by atoms with van der Waals surface area (Å²) in [6.45, 7) is 3.21. The fraction of sp³-hybridized carbons (Fsp3) is 0.462. The predicted octanol–water partition coefficient (Wildman–Crippen LogP) is 1.20. The molecule has 1 N–H and O–H groups in total. The lowest BCUT2D eigenvalue weighted by Crippen LogP contribution is -2.41. The number of amides is 1. The van der Waals surface area contributed by atoms with Crippen LogP contribution in [0.4, 0.5) is 5.69 Å². The first kappa shape index (κ1) is 15.9. The maximum absolute atomic E-state index is 11.8. The van der Waals surface area contributed by atoms with E-state index in [0.29, 0.717) is 5.75 Å². The molecule has 0 aliphatic heterocycles. The normalized spacial score (nSPS) is 11.0. The van der Waals surface area contributed by atoms with Crippen LogP contribution in [0.2, 0.25) is 0 Å². The van der Waals surface area contributed by atoms with Crippen LogP contribution in [0.5, 0.6) is 5.75 Å². The number of carbonyl (C=O) groups is 1. The Labute approximate surface area is 116 Å². The second-order valence-electron chi connectivity index (χ2n) is 5.10. The van der Waals surface area contributed by atoms with Gasteiger partial charge in [0.05, 0.1) is 10.5 Å². The predicted molar refractivity (Wildman–Crippen MR) is 72.5 cm³/mol. The summed E-state index contributed by atoms with van der Waals surface area (Å²) in [6, 6.07) is 5.48. The van der Waals surface area contributed by atoms with Crippen LogP contribution in [0.15, 0.2) is 24.3 Å². The highest BCUT2D eigenvalue weighted by Gasteiger charge is 2.19. The summed E-state index contributed by atoms with van der Waals surface area (Å²) in [5.74, 6) is 0.0890. The van der Waals surface area contributed by atoms with Crippen molar-refractivity contribution in [2.24, 2.45) is 0 Å². The molecule has 0 radical (unpaired) electrons. The largest absolute Gasteiger partial charge is 0.484 e. The number of rotatable bonds is 6. The van der Waals surface area contributed by atoms with E-state index in [-0.39, 0.29) is 24.7 Å². The average Bonchev–Trinajstić information content (AvgIpc) is 2.34. The van der Waals surface area contributed by atoms with Gasteiger partial charge in [0.15, 0.2) is 6.61 Å². The first-order valence-corrected chi connectivity index (χ1v) is 6.02. The van der Waals surface area contributed by atoms with Crippen molar-refractivity contribution in [3.63, 3.8) is 0 Å². The lowest BCUT2D eigenvalue weighted by Gasteiger charge is -2.25. The second kappa shape index (κ2) is 6.33. The van der Waals surface area contributed by atoms with Crippen molar-refractivity contribution >= 4 is 11.6 Å². The van der Waals surface area contributed by atoms with Gasteiger partial charge in [-0.25, -0.2) is 0 Å². The van der Waals surface area contributed by atoms with Crippen LogP contribution in [0, 0.1) is 10.1 Å². The number of likely N-dealkylation sites (N-methyl/N-ethyl adjacent to an activating group) is 1. The summed E-state index contributed by atoms with van der Waals surface area (Å²) < 4.78 is 5.24. The van der Waals surface area contributed by atoms with Crippen LogP contribution in [-0.4, -0.2) is 46.6 Å². The molecule has 0 heterocycles. The van der Waals surface area contributed by atoms with Crippen LogP contribution < -0.4 is 4.74 Å². The van der Waals surface area contributed by atoms with E-state index >= 15 is 0 Å². The molecule has 0 fully saturated rings. The molecule has 0 spiro atoms. The minimum absolute atomic E-state index is 0.0391. The number of aliphatic hydroxyl groups is 1.